The standard InChI is InChI=1S/C26H27ClFN5O3/c1-14-7-15(9-23(34)33-16(12-29)13-32-26(2,3)4)8-20(28)24(14)36-22-5-6-31-21-11-19(27)17(25(30)35)10-18(21)22/h5-8,10-13H,9,29H2,1-4H3,(H2,30,35)(H,33,34)/b16-12+,32-13?. The topological polar surface area (TPSA) is 133 Å². The summed E-state index contributed by atoms with van der Waals surface area (Å²) in [6.45, 7) is 7.40. The maximum Gasteiger partial charge on any atom is 0.250 e. The molecule has 2 aromatic carbocycles. The molecular weight excluding hydrogens is 485 g/mol. The van der Waals surface area contributed by atoms with E-state index in [0.29, 0.717) is 27.7 Å². The van der Waals surface area contributed by atoms with Crippen LogP contribution in [0.4, 0.5) is 4.39 Å². The molecule has 0 radical (unpaired) electrons. The first-order chi connectivity index (χ1) is 16.9. The fourth-order valence-corrected chi connectivity index (χ4v) is 3.58. The number of allylic oxidation sites excluding steroid dienone is 1. The molecule has 1 heterocycles. The minimum Gasteiger partial charge on any atom is -0.453 e. The second-order valence-corrected chi connectivity index (χ2v) is 9.53. The Bertz CT molecular complexity index is 1370. The Balaban J connectivity index is 1.83. The summed E-state index contributed by atoms with van der Waals surface area (Å²) in [5.74, 6) is -1.50. The Morgan fingerprint density at radius 2 is 1.97 bits per heavy atom. The quantitative estimate of drug-likeness (QED) is 0.400. The van der Waals surface area contributed by atoms with Gasteiger partial charge in [0.05, 0.1) is 33.8 Å². The predicted molar refractivity (Wildman–Crippen MR) is 139 cm³/mol. The molecule has 0 aliphatic carbocycles. The Kier molecular flexibility index (Phi) is 7.94. The third-order valence-electron chi connectivity index (χ3n) is 4.98. The van der Waals surface area contributed by atoms with Crippen LogP contribution in [-0.4, -0.2) is 28.6 Å². The summed E-state index contributed by atoms with van der Waals surface area (Å²) >= 11 is 6.11. The summed E-state index contributed by atoms with van der Waals surface area (Å²) in [4.78, 5) is 32.7. The Labute approximate surface area is 213 Å². The lowest BCUT2D eigenvalue weighted by atomic mass is 10.1. The molecule has 0 spiro atoms. The number of hydrogen-bond acceptors (Lipinski definition) is 6. The van der Waals surface area contributed by atoms with Crippen molar-refractivity contribution in [2.45, 2.75) is 39.7 Å². The second-order valence-electron chi connectivity index (χ2n) is 9.12. The fraction of sp³-hybridized carbons (Fsp3) is 0.231. The zero-order chi connectivity index (χ0) is 26.6. The van der Waals surface area contributed by atoms with E-state index in [4.69, 9.17) is 27.8 Å². The molecule has 36 heavy (non-hydrogen) atoms. The summed E-state index contributed by atoms with van der Waals surface area (Å²) < 4.78 is 21.0. The molecule has 1 aromatic heterocycles. The van der Waals surface area contributed by atoms with Crippen LogP contribution in [0.5, 0.6) is 11.5 Å². The van der Waals surface area contributed by atoms with Gasteiger partial charge in [-0.15, -0.1) is 0 Å². The van der Waals surface area contributed by atoms with Gasteiger partial charge in [0.2, 0.25) is 11.8 Å². The molecule has 0 bridgehead atoms. The van der Waals surface area contributed by atoms with Crippen LogP contribution in [-0.2, 0) is 11.2 Å². The number of aromatic nitrogens is 1. The van der Waals surface area contributed by atoms with Gasteiger partial charge in [-0.1, -0.05) is 17.7 Å². The van der Waals surface area contributed by atoms with Crippen molar-refractivity contribution in [3.8, 4) is 11.5 Å². The van der Waals surface area contributed by atoms with E-state index in [1.54, 1.807) is 19.1 Å². The smallest absolute Gasteiger partial charge is 0.250 e. The largest absolute Gasteiger partial charge is 0.453 e. The summed E-state index contributed by atoms with van der Waals surface area (Å²) in [6.07, 6.45) is 4.12. The maximum absolute atomic E-state index is 15.1. The van der Waals surface area contributed by atoms with Gasteiger partial charge in [-0.25, -0.2) is 4.39 Å². The molecule has 0 atom stereocenters. The van der Waals surface area contributed by atoms with Crippen LogP contribution in [0.25, 0.3) is 10.9 Å². The first-order valence-electron chi connectivity index (χ1n) is 11.0. The molecule has 10 heteroatoms. The number of aliphatic imine (C=N–C) groups is 1. The second kappa shape index (κ2) is 10.7. The highest BCUT2D eigenvalue weighted by Gasteiger charge is 2.17. The van der Waals surface area contributed by atoms with Crippen molar-refractivity contribution in [3.63, 3.8) is 0 Å². The Hall–Kier alpha value is -3.98. The zero-order valence-electron chi connectivity index (χ0n) is 20.4. The van der Waals surface area contributed by atoms with Crippen LogP contribution in [0, 0.1) is 12.7 Å². The number of ether oxygens (including phenoxy) is 1. The van der Waals surface area contributed by atoms with E-state index in [1.807, 2.05) is 20.8 Å². The monoisotopic (exact) mass is 511 g/mol. The maximum atomic E-state index is 15.1. The number of benzene rings is 2. The lowest BCUT2D eigenvalue weighted by Crippen LogP contribution is -2.26. The molecule has 0 aliphatic rings. The van der Waals surface area contributed by atoms with E-state index in [2.05, 4.69) is 15.3 Å². The number of fused-ring (bicyclic) bond motifs is 1. The van der Waals surface area contributed by atoms with E-state index in [-0.39, 0.29) is 40.0 Å². The number of amides is 2. The van der Waals surface area contributed by atoms with Gasteiger partial charge in [-0.05, 0) is 63.1 Å². The number of aryl methyl sites for hydroxylation is 1. The molecule has 0 fully saturated rings. The summed E-state index contributed by atoms with van der Waals surface area (Å²) in [5.41, 5.74) is 12.4. The molecule has 0 saturated carbocycles. The minimum atomic E-state index is -0.709. The number of hydrogen-bond donors (Lipinski definition) is 3. The molecule has 0 saturated heterocycles. The van der Waals surface area contributed by atoms with E-state index in [9.17, 15) is 9.59 Å². The number of nitrogens with zero attached hydrogens (tertiary/aromatic N) is 2. The molecule has 8 nitrogen and oxygen atoms in total. The normalized spacial score (nSPS) is 12.2. The molecule has 188 valence electrons. The SMILES string of the molecule is Cc1cc(CC(=O)N/C(C=NC(C)(C)C)=C/N)cc(F)c1Oc1ccnc2cc(Cl)c(C(N)=O)cc12. The predicted octanol–water partition coefficient (Wildman–Crippen LogP) is 4.56. The van der Waals surface area contributed by atoms with Gasteiger partial charge in [-0.3, -0.25) is 19.6 Å². The molecule has 3 rings (SSSR count). The number of rotatable bonds is 7. The first-order valence-corrected chi connectivity index (χ1v) is 11.4. The van der Waals surface area contributed by atoms with Crippen molar-refractivity contribution in [1.82, 2.24) is 10.3 Å². The minimum absolute atomic E-state index is 0.0258. The van der Waals surface area contributed by atoms with Gasteiger partial charge in [0.1, 0.15) is 5.75 Å². The van der Waals surface area contributed by atoms with Crippen LogP contribution in [0.15, 0.2) is 53.4 Å². The van der Waals surface area contributed by atoms with Gasteiger partial charge >= 0.3 is 0 Å². The molecular formula is C26H27ClFN5O3. The van der Waals surface area contributed by atoms with Crippen LogP contribution in [0.2, 0.25) is 5.02 Å². The lowest BCUT2D eigenvalue weighted by molar-refractivity contribution is -0.119. The van der Waals surface area contributed by atoms with E-state index >= 15 is 4.39 Å². The molecule has 0 unspecified atom stereocenters. The Morgan fingerprint density at radius 1 is 1.25 bits per heavy atom. The fourth-order valence-electron chi connectivity index (χ4n) is 3.33. The number of nitrogens with one attached hydrogen (secondary N) is 1. The average Bonchev–Trinajstić information content (AvgIpc) is 2.77. The van der Waals surface area contributed by atoms with Crippen molar-refractivity contribution >= 4 is 40.5 Å². The number of primary amides is 1. The van der Waals surface area contributed by atoms with Crippen molar-refractivity contribution in [2.75, 3.05) is 0 Å². The van der Waals surface area contributed by atoms with E-state index in [1.165, 1.54) is 36.8 Å². The van der Waals surface area contributed by atoms with E-state index < -0.39 is 11.7 Å². The molecule has 2 amide bonds. The summed E-state index contributed by atoms with van der Waals surface area (Å²) in [7, 11) is 0. The molecule has 5 N–H and O–H groups in total. The summed E-state index contributed by atoms with van der Waals surface area (Å²) in [6, 6.07) is 7.38. The van der Waals surface area contributed by atoms with Gasteiger partial charge in [-0.2, -0.15) is 0 Å². The highest BCUT2D eigenvalue weighted by Crippen LogP contribution is 2.35. The number of pyridine rings is 1. The lowest BCUT2D eigenvalue weighted by Gasteiger charge is -2.14. The van der Waals surface area contributed by atoms with Crippen LogP contribution in [0.3, 0.4) is 0 Å². The van der Waals surface area contributed by atoms with E-state index in [0.717, 1.165) is 0 Å². The number of carbonyl (C=O) groups excluding carboxylic acids is 2. The van der Waals surface area contributed by atoms with Gasteiger partial charge in [0, 0.05) is 24.0 Å². The summed E-state index contributed by atoms with van der Waals surface area (Å²) in [5, 5.41) is 3.25. The zero-order valence-corrected chi connectivity index (χ0v) is 21.1. The third-order valence-corrected chi connectivity index (χ3v) is 5.29. The van der Waals surface area contributed by atoms with Gasteiger partial charge < -0.3 is 21.5 Å². The van der Waals surface area contributed by atoms with Crippen LogP contribution < -0.4 is 21.5 Å². The van der Waals surface area contributed by atoms with Crippen molar-refractivity contribution in [3.05, 3.63) is 76.0 Å². The third kappa shape index (κ3) is 6.57. The molecule has 0 aliphatic heterocycles. The Morgan fingerprint density at radius 3 is 2.58 bits per heavy atom. The van der Waals surface area contributed by atoms with Crippen molar-refractivity contribution in [1.29, 1.82) is 0 Å². The van der Waals surface area contributed by atoms with Crippen LogP contribution >= 0.6 is 11.6 Å². The highest BCUT2D eigenvalue weighted by atomic mass is 35.5. The van der Waals surface area contributed by atoms with Crippen molar-refractivity contribution in [2.24, 2.45) is 16.5 Å². The molecule has 3 aromatic rings. The van der Waals surface area contributed by atoms with Crippen LogP contribution in [0.1, 0.15) is 42.3 Å². The van der Waals surface area contributed by atoms with Gasteiger partial charge in [0.15, 0.2) is 11.6 Å². The first kappa shape index (κ1) is 26.6. The number of halogens is 2. The highest BCUT2D eigenvalue weighted by molar-refractivity contribution is 6.34. The number of carbonyl (C=O) groups is 2. The van der Waals surface area contributed by atoms with Crippen molar-refractivity contribution < 1.29 is 18.7 Å². The van der Waals surface area contributed by atoms with Gasteiger partial charge in [0.25, 0.3) is 0 Å². The average molecular weight is 512 g/mol. The number of nitrogens with two attached hydrogens (primary N) is 2.